The second-order valence-corrected chi connectivity index (χ2v) is 6.76. The minimum absolute atomic E-state index is 0.107. The van der Waals surface area contributed by atoms with Crippen molar-refractivity contribution in [1.29, 1.82) is 0 Å². The summed E-state index contributed by atoms with van der Waals surface area (Å²) in [6.45, 7) is 3.10. The first-order valence-corrected chi connectivity index (χ1v) is 8.85. The number of hydrogen-bond donors (Lipinski definition) is 2. The standard InChI is InChI=1S/C21H23N3O/c25-20-21(12-13-22-16-21)24(14-6-9-17-7-2-1-3-8-17)15-18-10-4-5-11-19(18)23-20/h1-11,22H,12-16H2,(H,23,25)/b9-6+. The molecule has 1 saturated heterocycles. The first-order valence-electron chi connectivity index (χ1n) is 8.85. The van der Waals surface area contributed by atoms with Crippen molar-refractivity contribution in [2.45, 2.75) is 18.5 Å². The first-order chi connectivity index (χ1) is 12.3. The van der Waals surface area contributed by atoms with Gasteiger partial charge in [-0.2, -0.15) is 0 Å². The molecule has 0 saturated carbocycles. The zero-order valence-electron chi connectivity index (χ0n) is 14.2. The molecule has 2 aromatic carbocycles. The summed E-state index contributed by atoms with van der Waals surface area (Å²) in [5.74, 6) is 0.107. The highest BCUT2D eigenvalue weighted by atomic mass is 16.2. The summed E-state index contributed by atoms with van der Waals surface area (Å²) in [5.41, 5.74) is 2.82. The van der Waals surface area contributed by atoms with Crippen LogP contribution in [0, 0.1) is 0 Å². The Hall–Kier alpha value is -2.43. The molecule has 1 atom stereocenters. The highest BCUT2D eigenvalue weighted by molar-refractivity contribution is 6.00. The van der Waals surface area contributed by atoms with Crippen LogP contribution >= 0.6 is 0 Å². The molecule has 1 fully saturated rings. The van der Waals surface area contributed by atoms with Gasteiger partial charge in [0, 0.05) is 25.3 Å². The molecule has 4 nitrogen and oxygen atoms in total. The Morgan fingerprint density at radius 2 is 1.88 bits per heavy atom. The number of nitrogens with one attached hydrogen (secondary N) is 2. The van der Waals surface area contributed by atoms with E-state index in [1.165, 1.54) is 11.1 Å². The van der Waals surface area contributed by atoms with E-state index in [4.69, 9.17) is 0 Å². The molecule has 0 aliphatic carbocycles. The Labute approximate surface area is 148 Å². The van der Waals surface area contributed by atoms with Crippen molar-refractivity contribution in [3.63, 3.8) is 0 Å². The van der Waals surface area contributed by atoms with Gasteiger partial charge in [0.15, 0.2) is 0 Å². The van der Waals surface area contributed by atoms with E-state index in [2.05, 4.69) is 45.9 Å². The molecule has 2 aromatic rings. The molecule has 1 amide bonds. The summed E-state index contributed by atoms with van der Waals surface area (Å²) in [7, 11) is 0. The van der Waals surface area contributed by atoms with Crippen molar-refractivity contribution in [2.24, 2.45) is 0 Å². The van der Waals surface area contributed by atoms with Gasteiger partial charge in [0.25, 0.3) is 0 Å². The van der Waals surface area contributed by atoms with Crippen LogP contribution in [0.3, 0.4) is 0 Å². The molecular formula is C21H23N3O. The van der Waals surface area contributed by atoms with Gasteiger partial charge in [0.05, 0.1) is 0 Å². The van der Waals surface area contributed by atoms with Crippen molar-refractivity contribution in [2.75, 3.05) is 25.0 Å². The Bertz CT molecular complexity index is 779. The number of rotatable bonds is 3. The molecule has 2 heterocycles. The van der Waals surface area contributed by atoms with E-state index in [1.807, 2.05) is 36.4 Å². The second-order valence-electron chi connectivity index (χ2n) is 6.76. The van der Waals surface area contributed by atoms with Gasteiger partial charge in [0.2, 0.25) is 5.91 Å². The van der Waals surface area contributed by atoms with Crippen molar-refractivity contribution in [3.8, 4) is 0 Å². The van der Waals surface area contributed by atoms with Crippen LogP contribution < -0.4 is 10.6 Å². The maximum absolute atomic E-state index is 13.0. The maximum Gasteiger partial charge on any atom is 0.246 e. The summed E-state index contributed by atoms with van der Waals surface area (Å²) in [4.78, 5) is 15.3. The molecule has 25 heavy (non-hydrogen) atoms. The van der Waals surface area contributed by atoms with Crippen LogP contribution in [0.2, 0.25) is 0 Å². The van der Waals surface area contributed by atoms with Gasteiger partial charge in [-0.05, 0) is 30.2 Å². The fourth-order valence-electron chi connectivity index (χ4n) is 3.78. The number of fused-ring (bicyclic) bond motifs is 1. The Morgan fingerprint density at radius 3 is 2.68 bits per heavy atom. The van der Waals surface area contributed by atoms with Crippen LogP contribution in [-0.4, -0.2) is 36.0 Å². The average Bonchev–Trinajstić information content (AvgIpc) is 3.10. The Kier molecular flexibility index (Phi) is 4.38. The number of para-hydroxylation sites is 1. The van der Waals surface area contributed by atoms with Gasteiger partial charge in [-0.3, -0.25) is 9.69 Å². The van der Waals surface area contributed by atoms with Crippen molar-refractivity contribution >= 4 is 17.7 Å². The van der Waals surface area contributed by atoms with Crippen LogP contribution in [0.1, 0.15) is 17.5 Å². The summed E-state index contributed by atoms with van der Waals surface area (Å²) >= 11 is 0. The lowest BCUT2D eigenvalue weighted by Gasteiger charge is -2.36. The van der Waals surface area contributed by atoms with Crippen molar-refractivity contribution < 1.29 is 4.79 Å². The number of nitrogens with zero attached hydrogens (tertiary/aromatic N) is 1. The zero-order valence-corrected chi connectivity index (χ0v) is 14.2. The molecule has 4 rings (SSSR count). The predicted octanol–water partition coefficient (Wildman–Crippen LogP) is 2.89. The lowest BCUT2D eigenvalue weighted by atomic mass is 9.94. The van der Waals surface area contributed by atoms with Gasteiger partial charge >= 0.3 is 0 Å². The third-order valence-electron chi connectivity index (χ3n) is 5.22. The molecule has 0 bridgehead atoms. The average molecular weight is 333 g/mol. The largest absolute Gasteiger partial charge is 0.324 e. The van der Waals surface area contributed by atoms with Gasteiger partial charge in [-0.25, -0.2) is 0 Å². The number of carbonyl (C=O) groups is 1. The fourth-order valence-corrected chi connectivity index (χ4v) is 3.78. The van der Waals surface area contributed by atoms with Gasteiger partial charge < -0.3 is 10.6 Å². The van der Waals surface area contributed by atoms with Crippen LogP contribution in [0.4, 0.5) is 5.69 Å². The van der Waals surface area contributed by atoms with E-state index in [0.717, 1.165) is 31.7 Å². The molecule has 4 heteroatoms. The Morgan fingerprint density at radius 1 is 1.08 bits per heavy atom. The van der Waals surface area contributed by atoms with E-state index in [1.54, 1.807) is 0 Å². The number of anilines is 1. The van der Waals surface area contributed by atoms with Crippen LogP contribution in [0.5, 0.6) is 0 Å². The van der Waals surface area contributed by atoms with E-state index in [9.17, 15) is 4.79 Å². The van der Waals surface area contributed by atoms with Crippen molar-refractivity contribution in [1.82, 2.24) is 10.2 Å². The Balaban J connectivity index is 1.62. The molecule has 0 radical (unpaired) electrons. The lowest BCUT2D eigenvalue weighted by molar-refractivity contribution is -0.126. The normalized spacial score (nSPS) is 23.6. The second kappa shape index (κ2) is 6.82. The van der Waals surface area contributed by atoms with Gasteiger partial charge in [-0.1, -0.05) is 60.7 Å². The molecule has 0 aromatic heterocycles. The number of benzene rings is 2. The van der Waals surface area contributed by atoms with Crippen LogP contribution in [0.25, 0.3) is 6.08 Å². The van der Waals surface area contributed by atoms with Crippen LogP contribution in [0.15, 0.2) is 60.7 Å². The minimum Gasteiger partial charge on any atom is -0.324 e. The zero-order chi connectivity index (χ0) is 17.1. The minimum atomic E-state index is -0.472. The third-order valence-corrected chi connectivity index (χ3v) is 5.22. The summed E-state index contributed by atoms with van der Waals surface area (Å²) in [6, 6.07) is 18.4. The van der Waals surface area contributed by atoms with Crippen LogP contribution in [-0.2, 0) is 11.3 Å². The summed E-state index contributed by atoms with van der Waals surface area (Å²) in [5, 5.41) is 6.53. The molecular weight excluding hydrogens is 310 g/mol. The lowest BCUT2D eigenvalue weighted by Crippen LogP contribution is -2.56. The highest BCUT2D eigenvalue weighted by Crippen LogP contribution is 2.32. The molecule has 2 aliphatic rings. The van der Waals surface area contributed by atoms with E-state index in [-0.39, 0.29) is 5.91 Å². The molecule has 2 N–H and O–H groups in total. The third kappa shape index (κ3) is 3.11. The molecule has 1 unspecified atom stereocenters. The topological polar surface area (TPSA) is 44.4 Å². The smallest absolute Gasteiger partial charge is 0.246 e. The molecule has 2 aliphatic heterocycles. The SMILES string of the molecule is O=C1Nc2ccccc2CN(C/C=C/c2ccccc2)C12CCNC2. The summed E-state index contributed by atoms with van der Waals surface area (Å²) in [6.07, 6.45) is 5.13. The number of amides is 1. The highest BCUT2D eigenvalue weighted by Gasteiger charge is 2.47. The number of hydrogen-bond acceptors (Lipinski definition) is 3. The summed E-state index contributed by atoms with van der Waals surface area (Å²) < 4.78 is 0. The van der Waals surface area contributed by atoms with Crippen molar-refractivity contribution in [3.05, 3.63) is 71.8 Å². The van der Waals surface area contributed by atoms with E-state index in [0.29, 0.717) is 6.54 Å². The fraction of sp³-hybridized carbons (Fsp3) is 0.286. The maximum atomic E-state index is 13.0. The monoisotopic (exact) mass is 333 g/mol. The predicted molar refractivity (Wildman–Crippen MR) is 101 cm³/mol. The van der Waals surface area contributed by atoms with Gasteiger partial charge in [-0.15, -0.1) is 0 Å². The van der Waals surface area contributed by atoms with E-state index >= 15 is 0 Å². The van der Waals surface area contributed by atoms with Gasteiger partial charge in [0.1, 0.15) is 5.54 Å². The molecule has 1 spiro atoms. The van der Waals surface area contributed by atoms with E-state index < -0.39 is 5.54 Å². The number of carbonyl (C=O) groups excluding carboxylic acids is 1. The molecule has 128 valence electrons. The quantitative estimate of drug-likeness (QED) is 0.908. The first kappa shape index (κ1) is 16.1.